The molecule has 0 spiro atoms. The number of amides is 2. The Balaban J connectivity index is 2.82. The van der Waals surface area contributed by atoms with Gasteiger partial charge in [-0.1, -0.05) is 6.07 Å². The lowest BCUT2D eigenvalue weighted by atomic mass is 10.1. The highest BCUT2D eigenvalue weighted by molar-refractivity contribution is 14.1. The number of phenols is 1. The van der Waals surface area contributed by atoms with E-state index in [4.69, 9.17) is 5.73 Å². The van der Waals surface area contributed by atoms with Crippen molar-refractivity contribution in [1.82, 2.24) is 5.32 Å². The number of carbonyl (C=O) groups is 2. The van der Waals surface area contributed by atoms with Crippen LogP contribution in [0.15, 0.2) is 18.2 Å². The van der Waals surface area contributed by atoms with Gasteiger partial charge in [0.15, 0.2) is 0 Å². The van der Waals surface area contributed by atoms with E-state index in [1.165, 1.54) is 6.92 Å². The van der Waals surface area contributed by atoms with Gasteiger partial charge in [-0.05, 0) is 40.3 Å². The van der Waals surface area contributed by atoms with Crippen molar-refractivity contribution >= 4 is 34.4 Å². The number of halogens is 1. The number of phenolic OH excluding ortho intramolecular Hbond substituents is 1. The van der Waals surface area contributed by atoms with Crippen LogP contribution in [0.3, 0.4) is 0 Å². The van der Waals surface area contributed by atoms with E-state index >= 15 is 0 Å². The van der Waals surface area contributed by atoms with Crippen LogP contribution in [0.2, 0.25) is 0 Å². The van der Waals surface area contributed by atoms with E-state index in [0.717, 1.165) is 5.56 Å². The third kappa shape index (κ3) is 4.22. The summed E-state index contributed by atoms with van der Waals surface area (Å²) in [6.07, 6.45) is 0.311. The minimum atomic E-state index is -0.729. The van der Waals surface area contributed by atoms with Gasteiger partial charge in [0.1, 0.15) is 11.8 Å². The maximum atomic E-state index is 11.1. The highest BCUT2D eigenvalue weighted by atomic mass is 127. The number of rotatable bonds is 4. The van der Waals surface area contributed by atoms with Crippen molar-refractivity contribution in [3.05, 3.63) is 27.3 Å². The molecule has 4 N–H and O–H groups in total. The van der Waals surface area contributed by atoms with E-state index in [-0.39, 0.29) is 11.7 Å². The van der Waals surface area contributed by atoms with Gasteiger partial charge in [-0.3, -0.25) is 9.59 Å². The number of nitrogens with one attached hydrogen (secondary N) is 1. The summed E-state index contributed by atoms with van der Waals surface area (Å²) in [5.41, 5.74) is 6.02. The molecule has 0 unspecified atom stereocenters. The second kappa shape index (κ2) is 5.85. The molecule has 0 aliphatic heterocycles. The lowest BCUT2D eigenvalue weighted by Gasteiger charge is -2.14. The molecule has 1 rings (SSSR count). The molecule has 0 bridgehead atoms. The first-order chi connectivity index (χ1) is 7.90. The Morgan fingerprint density at radius 2 is 2.18 bits per heavy atom. The van der Waals surface area contributed by atoms with Gasteiger partial charge in [0.2, 0.25) is 11.8 Å². The molecule has 0 aromatic heterocycles. The second-order valence-electron chi connectivity index (χ2n) is 3.65. The standard InChI is InChI=1S/C11H13IN2O3/c1-6(15)14-9(11(13)17)5-7-2-3-10(16)8(12)4-7/h2-4,9,16H,5H2,1H3,(H2,13,17)(H,14,15)/t9-/m0/s1. The maximum absolute atomic E-state index is 11.1. The molecule has 0 radical (unpaired) electrons. The number of hydrogen-bond donors (Lipinski definition) is 3. The average molecular weight is 348 g/mol. The molecule has 1 aromatic carbocycles. The van der Waals surface area contributed by atoms with Crippen LogP contribution in [0.5, 0.6) is 5.75 Å². The molecular weight excluding hydrogens is 335 g/mol. The van der Waals surface area contributed by atoms with Crippen LogP contribution < -0.4 is 11.1 Å². The van der Waals surface area contributed by atoms with Crippen LogP contribution in [-0.4, -0.2) is 23.0 Å². The Kier molecular flexibility index (Phi) is 4.73. The van der Waals surface area contributed by atoms with Crippen LogP contribution >= 0.6 is 22.6 Å². The molecule has 6 heteroatoms. The predicted octanol–water partition coefficient (Wildman–Crippen LogP) is 0.529. The van der Waals surface area contributed by atoms with Gasteiger partial charge in [-0.15, -0.1) is 0 Å². The Morgan fingerprint density at radius 3 is 2.65 bits per heavy atom. The first-order valence-corrected chi connectivity index (χ1v) is 6.02. The zero-order valence-electron chi connectivity index (χ0n) is 9.24. The van der Waals surface area contributed by atoms with E-state index in [9.17, 15) is 14.7 Å². The van der Waals surface area contributed by atoms with Gasteiger partial charge in [0, 0.05) is 13.3 Å². The highest BCUT2D eigenvalue weighted by Crippen LogP contribution is 2.20. The zero-order chi connectivity index (χ0) is 13.0. The van der Waals surface area contributed by atoms with E-state index in [2.05, 4.69) is 5.32 Å². The summed E-state index contributed by atoms with van der Waals surface area (Å²) < 4.78 is 0.686. The first-order valence-electron chi connectivity index (χ1n) is 4.94. The number of benzene rings is 1. The van der Waals surface area contributed by atoms with Gasteiger partial charge in [-0.2, -0.15) is 0 Å². The van der Waals surface area contributed by atoms with Crippen LogP contribution in [-0.2, 0) is 16.0 Å². The molecule has 2 amide bonds. The third-order valence-corrected chi connectivity index (χ3v) is 3.04. The van der Waals surface area contributed by atoms with Crippen molar-refractivity contribution in [1.29, 1.82) is 0 Å². The van der Waals surface area contributed by atoms with E-state index in [0.29, 0.717) is 9.99 Å². The molecule has 1 atom stereocenters. The zero-order valence-corrected chi connectivity index (χ0v) is 11.4. The fourth-order valence-electron chi connectivity index (χ4n) is 1.38. The summed E-state index contributed by atoms with van der Waals surface area (Å²) >= 11 is 1.99. The van der Waals surface area contributed by atoms with Crippen molar-refractivity contribution in [2.45, 2.75) is 19.4 Å². The average Bonchev–Trinajstić information content (AvgIpc) is 2.21. The molecule has 0 saturated carbocycles. The largest absolute Gasteiger partial charge is 0.507 e. The maximum Gasteiger partial charge on any atom is 0.240 e. The number of primary amides is 1. The Labute approximate surface area is 113 Å². The number of aromatic hydroxyl groups is 1. The van der Waals surface area contributed by atoms with Gasteiger partial charge in [-0.25, -0.2) is 0 Å². The van der Waals surface area contributed by atoms with Crippen LogP contribution in [0.4, 0.5) is 0 Å². The lowest BCUT2D eigenvalue weighted by molar-refractivity contribution is -0.126. The smallest absolute Gasteiger partial charge is 0.240 e. The third-order valence-electron chi connectivity index (χ3n) is 2.17. The van der Waals surface area contributed by atoms with Crippen molar-refractivity contribution in [2.24, 2.45) is 5.73 Å². The van der Waals surface area contributed by atoms with Gasteiger partial charge < -0.3 is 16.2 Å². The molecule has 92 valence electrons. The Hall–Kier alpha value is -1.31. The van der Waals surface area contributed by atoms with Gasteiger partial charge in [0.25, 0.3) is 0 Å². The molecule has 0 aliphatic carbocycles. The topological polar surface area (TPSA) is 92.4 Å². The quantitative estimate of drug-likeness (QED) is 0.693. The fourth-order valence-corrected chi connectivity index (χ4v) is 1.96. The summed E-state index contributed by atoms with van der Waals surface area (Å²) in [6, 6.07) is 4.25. The summed E-state index contributed by atoms with van der Waals surface area (Å²) in [4.78, 5) is 22.1. The van der Waals surface area contributed by atoms with E-state index in [1.807, 2.05) is 22.6 Å². The predicted molar refractivity (Wildman–Crippen MR) is 71.3 cm³/mol. The molecule has 0 fully saturated rings. The van der Waals surface area contributed by atoms with Crippen LogP contribution in [0, 0.1) is 3.57 Å². The molecule has 0 aliphatic rings. The molecule has 5 nitrogen and oxygen atoms in total. The number of nitrogens with two attached hydrogens (primary N) is 1. The lowest BCUT2D eigenvalue weighted by Crippen LogP contribution is -2.44. The van der Waals surface area contributed by atoms with Crippen LogP contribution in [0.25, 0.3) is 0 Å². The molecule has 0 saturated heterocycles. The summed E-state index contributed by atoms with van der Waals surface area (Å²) in [7, 11) is 0. The van der Waals surface area contributed by atoms with Crippen LogP contribution in [0.1, 0.15) is 12.5 Å². The van der Waals surface area contributed by atoms with Gasteiger partial charge in [0.05, 0.1) is 3.57 Å². The number of carbonyl (C=O) groups excluding carboxylic acids is 2. The molecule has 1 aromatic rings. The first kappa shape index (κ1) is 13.8. The van der Waals surface area contributed by atoms with Crippen molar-refractivity contribution in [3.8, 4) is 5.75 Å². The summed E-state index contributed by atoms with van der Waals surface area (Å²) in [5, 5.41) is 11.8. The van der Waals surface area contributed by atoms with Gasteiger partial charge >= 0.3 is 0 Å². The molecule has 17 heavy (non-hydrogen) atoms. The minimum absolute atomic E-state index is 0.185. The monoisotopic (exact) mass is 348 g/mol. The van der Waals surface area contributed by atoms with E-state index < -0.39 is 11.9 Å². The SMILES string of the molecule is CC(=O)N[C@@H](Cc1ccc(O)c(I)c1)C(N)=O. The fraction of sp³-hybridized carbons (Fsp3) is 0.273. The Bertz CT molecular complexity index is 448. The molecular formula is C11H13IN2O3. The minimum Gasteiger partial charge on any atom is -0.507 e. The normalized spacial score (nSPS) is 11.9. The second-order valence-corrected chi connectivity index (χ2v) is 4.81. The summed E-state index contributed by atoms with van der Waals surface area (Å²) in [5.74, 6) is -0.699. The Morgan fingerprint density at radius 1 is 1.53 bits per heavy atom. The highest BCUT2D eigenvalue weighted by Gasteiger charge is 2.17. The van der Waals surface area contributed by atoms with E-state index in [1.54, 1.807) is 18.2 Å². The van der Waals surface area contributed by atoms with Crippen molar-refractivity contribution in [2.75, 3.05) is 0 Å². The molecule has 0 heterocycles. The van der Waals surface area contributed by atoms with Crippen molar-refractivity contribution < 1.29 is 14.7 Å². The summed E-state index contributed by atoms with van der Waals surface area (Å²) in [6.45, 7) is 1.33. The number of hydrogen-bond acceptors (Lipinski definition) is 3. The van der Waals surface area contributed by atoms with Crippen molar-refractivity contribution in [3.63, 3.8) is 0 Å².